The highest BCUT2D eigenvalue weighted by atomic mass is 16.4. The Morgan fingerprint density at radius 2 is 1.88 bits per heavy atom. The fourth-order valence-corrected chi connectivity index (χ4v) is 0.840. The molecule has 0 bridgehead atoms. The molecule has 16 heavy (non-hydrogen) atoms. The highest BCUT2D eigenvalue weighted by Gasteiger charge is 2.04. The van der Waals surface area contributed by atoms with E-state index in [4.69, 9.17) is 5.11 Å². The van der Waals surface area contributed by atoms with E-state index in [1.165, 1.54) is 0 Å². The Labute approximate surface area is 95.4 Å². The highest BCUT2D eigenvalue weighted by molar-refractivity contribution is 5.82. The van der Waals surface area contributed by atoms with E-state index in [1.807, 2.05) is 6.92 Å². The first kappa shape index (κ1) is 14.2. The first-order chi connectivity index (χ1) is 7.45. The van der Waals surface area contributed by atoms with Crippen LogP contribution in [0.3, 0.4) is 0 Å². The molecule has 0 aromatic rings. The van der Waals surface area contributed by atoms with Crippen LogP contribution in [0.5, 0.6) is 0 Å². The highest BCUT2D eigenvalue weighted by Crippen LogP contribution is 2.00. The van der Waals surface area contributed by atoms with Crippen molar-refractivity contribution in [3.8, 4) is 0 Å². The van der Waals surface area contributed by atoms with Crippen molar-refractivity contribution in [1.29, 1.82) is 0 Å². The van der Waals surface area contributed by atoms with Crippen LogP contribution in [0, 0.1) is 0 Å². The normalized spacial score (nSPS) is 10.1. The van der Waals surface area contributed by atoms with Gasteiger partial charge in [0.25, 0.3) is 0 Å². The summed E-state index contributed by atoms with van der Waals surface area (Å²) in [5.41, 5.74) is 1.37. The number of nitrogens with one attached hydrogen (secondary N) is 1. The number of aliphatic carboxylic acids is 1. The summed E-state index contributed by atoms with van der Waals surface area (Å²) < 4.78 is 0. The topological polar surface area (TPSA) is 66.4 Å². The van der Waals surface area contributed by atoms with Crippen LogP contribution in [-0.2, 0) is 9.59 Å². The minimum absolute atomic E-state index is 0.0447. The van der Waals surface area contributed by atoms with Crippen molar-refractivity contribution in [2.45, 2.75) is 26.2 Å². The average Bonchev–Trinajstić information content (AvgIpc) is 2.23. The second kappa shape index (κ2) is 7.45. The molecule has 0 saturated carbocycles. The van der Waals surface area contributed by atoms with E-state index in [9.17, 15) is 9.59 Å². The quantitative estimate of drug-likeness (QED) is 0.649. The van der Waals surface area contributed by atoms with Crippen molar-refractivity contribution in [1.82, 2.24) is 5.32 Å². The zero-order valence-electron chi connectivity index (χ0n) is 9.45. The molecule has 0 heterocycles. The standard InChI is InChI=1S/C12H17NO3/c1-4-9(2)5-6-10(3)13-11(14)7-8-12(15)16/h5-6H,2-4,7-8H2,1H3,(H,13,14)(H,15,16). The Morgan fingerprint density at radius 3 is 2.38 bits per heavy atom. The van der Waals surface area contributed by atoms with Gasteiger partial charge in [0, 0.05) is 12.1 Å². The number of carbonyl (C=O) groups excluding carboxylic acids is 1. The summed E-state index contributed by atoms with van der Waals surface area (Å²) in [4.78, 5) is 21.4. The monoisotopic (exact) mass is 223 g/mol. The van der Waals surface area contributed by atoms with E-state index in [2.05, 4.69) is 18.5 Å². The van der Waals surface area contributed by atoms with Gasteiger partial charge in [-0.3, -0.25) is 9.59 Å². The van der Waals surface area contributed by atoms with Gasteiger partial charge in [-0.1, -0.05) is 31.7 Å². The number of hydrogen-bond acceptors (Lipinski definition) is 2. The fraction of sp³-hybridized carbons (Fsp3) is 0.333. The van der Waals surface area contributed by atoms with E-state index < -0.39 is 5.97 Å². The van der Waals surface area contributed by atoms with Gasteiger partial charge in [-0.2, -0.15) is 0 Å². The third-order valence-corrected chi connectivity index (χ3v) is 1.84. The Morgan fingerprint density at radius 1 is 1.25 bits per heavy atom. The predicted octanol–water partition coefficient (Wildman–Crippen LogP) is 2.00. The summed E-state index contributed by atoms with van der Waals surface area (Å²) >= 11 is 0. The lowest BCUT2D eigenvalue weighted by Gasteiger charge is -2.03. The molecule has 0 aliphatic heterocycles. The van der Waals surface area contributed by atoms with Gasteiger partial charge in [0.1, 0.15) is 0 Å². The Kier molecular flexibility index (Phi) is 6.59. The number of carbonyl (C=O) groups is 2. The van der Waals surface area contributed by atoms with Crippen LogP contribution in [0.2, 0.25) is 0 Å². The zero-order chi connectivity index (χ0) is 12.6. The van der Waals surface area contributed by atoms with Gasteiger partial charge < -0.3 is 10.4 Å². The summed E-state index contributed by atoms with van der Waals surface area (Å²) in [6.07, 6.45) is 4.02. The van der Waals surface area contributed by atoms with E-state index in [0.717, 1.165) is 12.0 Å². The maximum absolute atomic E-state index is 11.2. The molecule has 4 nitrogen and oxygen atoms in total. The number of rotatable bonds is 7. The van der Waals surface area contributed by atoms with Crippen molar-refractivity contribution >= 4 is 11.9 Å². The predicted molar refractivity (Wildman–Crippen MR) is 62.7 cm³/mol. The van der Waals surface area contributed by atoms with Crippen molar-refractivity contribution in [3.05, 3.63) is 36.6 Å². The van der Waals surface area contributed by atoms with Crippen LogP contribution in [-0.4, -0.2) is 17.0 Å². The first-order valence-corrected chi connectivity index (χ1v) is 5.02. The van der Waals surface area contributed by atoms with Gasteiger partial charge in [-0.25, -0.2) is 0 Å². The molecule has 0 atom stereocenters. The van der Waals surface area contributed by atoms with Crippen molar-refractivity contribution < 1.29 is 14.7 Å². The number of carboxylic acids is 1. The third kappa shape index (κ3) is 7.55. The summed E-state index contributed by atoms with van der Waals surface area (Å²) in [7, 11) is 0. The molecule has 1 amide bonds. The van der Waals surface area contributed by atoms with Crippen LogP contribution in [0.1, 0.15) is 26.2 Å². The first-order valence-electron chi connectivity index (χ1n) is 5.02. The molecular formula is C12H17NO3. The molecule has 0 rings (SSSR count). The zero-order valence-corrected chi connectivity index (χ0v) is 9.45. The molecule has 0 aromatic carbocycles. The molecule has 0 saturated heterocycles. The smallest absolute Gasteiger partial charge is 0.303 e. The van der Waals surface area contributed by atoms with Gasteiger partial charge >= 0.3 is 5.97 Å². The van der Waals surface area contributed by atoms with Gasteiger partial charge in [-0.05, 0) is 12.5 Å². The fourth-order valence-electron chi connectivity index (χ4n) is 0.840. The van der Waals surface area contributed by atoms with Crippen LogP contribution in [0.4, 0.5) is 0 Å². The second-order valence-corrected chi connectivity index (χ2v) is 3.31. The minimum atomic E-state index is -0.990. The SMILES string of the molecule is C=C(C=CC(=C)NC(=O)CCC(=O)O)CC. The molecule has 0 fully saturated rings. The molecule has 0 radical (unpaired) electrons. The summed E-state index contributed by atoms with van der Waals surface area (Å²) in [6.45, 7) is 9.36. The molecule has 0 unspecified atom stereocenters. The Balaban J connectivity index is 3.96. The van der Waals surface area contributed by atoms with Crippen LogP contribution in [0.15, 0.2) is 36.6 Å². The van der Waals surface area contributed by atoms with E-state index in [1.54, 1.807) is 12.2 Å². The molecule has 2 N–H and O–H groups in total. The van der Waals surface area contributed by atoms with Crippen LogP contribution >= 0.6 is 0 Å². The van der Waals surface area contributed by atoms with Crippen LogP contribution < -0.4 is 5.32 Å². The van der Waals surface area contributed by atoms with E-state index in [0.29, 0.717) is 5.70 Å². The molecule has 0 aromatic heterocycles. The molecule has 4 heteroatoms. The molecule has 0 aliphatic rings. The van der Waals surface area contributed by atoms with Crippen molar-refractivity contribution in [2.24, 2.45) is 0 Å². The molecule has 88 valence electrons. The lowest BCUT2D eigenvalue weighted by molar-refractivity contribution is -0.138. The number of carboxylic acid groups (broad SMARTS) is 1. The maximum atomic E-state index is 11.2. The van der Waals surface area contributed by atoms with Crippen molar-refractivity contribution in [3.63, 3.8) is 0 Å². The lowest BCUT2D eigenvalue weighted by Crippen LogP contribution is -2.21. The van der Waals surface area contributed by atoms with E-state index >= 15 is 0 Å². The molecule has 0 spiro atoms. The number of hydrogen-bond donors (Lipinski definition) is 2. The van der Waals surface area contributed by atoms with Crippen molar-refractivity contribution in [2.75, 3.05) is 0 Å². The third-order valence-electron chi connectivity index (χ3n) is 1.84. The number of amides is 1. The molecule has 0 aliphatic carbocycles. The summed E-state index contributed by atoms with van der Waals surface area (Å²) in [5.74, 6) is -1.34. The maximum Gasteiger partial charge on any atom is 0.303 e. The van der Waals surface area contributed by atoms with E-state index in [-0.39, 0.29) is 18.7 Å². The van der Waals surface area contributed by atoms with Gasteiger partial charge in [0.2, 0.25) is 5.91 Å². The Hall–Kier alpha value is -1.84. The van der Waals surface area contributed by atoms with Gasteiger partial charge in [-0.15, -0.1) is 0 Å². The number of allylic oxidation sites excluding steroid dienone is 3. The summed E-state index contributed by atoms with van der Waals surface area (Å²) in [6, 6.07) is 0. The minimum Gasteiger partial charge on any atom is -0.481 e. The van der Waals surface area contributed by atoms with Gasteiger partial charge in [0.05, 0.1) is 6.42 Å². The lowest BCUT2D eigenvalue weighted by atomic mass is 10.2. The average molecular weight is 223 g/mol. The Bertz CT molecular complexity index is 329. The van der Waals surface area contributed by atoms with Gasteiger partial charge in [0.15, 0.2) is 0 Å². The summed E-state index contributed by atoms with van der Waals surface area (Å²) in [5, 5.41) is 10.9. The largest absolute Gasteiger partial charge is 0.481 e. The van der Waals surface area contributed by atoms with Crippen LogP contribution in [0.25, 0.3) is 0 Å². The molecular weight excluding hydrogens is 206 g/mol. The second-order valence-electron chi connectivity index (χ2n) is 3.31.